The highest BCUT2D eigenvalue weighted by Gasteiger charge is 2.14. The minimum absolute atomic E-state index is 0.00423. The first kappa shape index (κ1) is 16.0. The predicted octanol–water partition coefficient (Wildman–Crippen LogP) is 4.98. The number of halogens is 1. The molecule has 4 rings (SSSR count). The van der Waals surface area contributed by atoms with Crippen LogP contribution in [0, 0.1) is 19.7 Å². The summed E-state index contributed by atoms with van der Waals surface area (Å²) >= 11 is 0. The van der Waals surface area contributed by atoms with Crippen molar-refractivity contribution in [2.24, 2.45) is 0 Å². The van der Waals surface area contributed by atoms with E-state index in [9.17, 15) is 9.50 Å². The fourth-order valence-corrected chi connectivity index (χ4v) is 2.60. The zero-order chi connectivity index (χ0) is 18.3. The topological polar surface area (TPSA) is 80.9 Å². The third kappa shape index (κ3) is 2.95. The zero-order valence-corrected chi connectivity index (χ0v) is 14.0. The maximum absolute atomic E-state index is 13.2. The fourth-order valence-electron chi connectivity index (χ4n) is 2.60. The Labute approximate surface area is 147 Å². The summed E-state index contributed by atoms with van der Waals surface area (Å²) < 4.78 is 24.4. The van der Waals surface area contributed by atoms with E-state index in [1.165, 1.54) is 24.4 Å². The summed E-state index contributed by atoms with van der Waals surface area (Å²) in [7, 11) is 0. The van der Waals surface area contributed by atoms with E-state index >= 15 is 0 Å². The van der Waals surface area contributed by atoms with Gasteiger partial charge in [-0.3, -0.25) is 5.11 Å². The van der Waals surface area contributed by atoms with Crippen molar-refractivity contribution in [2.75, 3.05) is 0 Å². The number of oxazole rings is 1. The summed E-state index contributed by atoms with van der Waals surface area (Å²) in [6, 6.07) is 9.13. The molecule has 0 bridgehead atoms. The second-order valence-electron chi connectivity index (χ2n) is 5.86. The van der Waals surface area contributed by atoms with Crippen molar-refractivity contribution in [1.82, 2.24) is 15.0 Å². The summed E-state index contributed by atoms with van der Waals surface area (Å²) in [6.45, 7) is 3.48. The van der Waals surface area contributed by atoms with Gasteiger partial charge in [0, 0.05) is 11.6 Å². The van der Waals surface area contributed by atoms with E-state index < -0.39 is 5.82 Å². The number of nitrogens with zero attached hydrogens (tertiary/aromatic N) is 3. The average molecular weight is 350 g/mol. The lowest BCUT2D eigenvalue weighted by atomic mass is 10.1. The molecule has 0 spiro atoms. The van der Waals surface area contributed by atoms with E-state index in [2.05, 4.69) is 15.0 Å². The van der Waals surface area contributed by atoms with Gasteiger partial charge in [-0.1, -0.05) is 6.07 Å². The van der Waals surface area contributed by atoms with Crippen molar-refractivity contribution < 1.29 is 18.7 Å². The van der Waals surface area contributed by atoms with Gasteiger partial charge in [-0.25, -0.2) is 14.4 Å². The molecule has 0 aliphatic rings. The highest BCUT2D eigenvalue weighted by atomic mass is 19.1. The Bertz CT molecular complexity index is 1100. The highest BCUT2D eigenvalue weighted by molar-refractivity contribution is 5.72. The lowest BCUT2D eigenvalue weighted by Gasteiger charge is -2.02. The number of aryl methyl sites for hydroxylation is 2. The number of aromatic nitrogens is 3. The van der Waals surface area contributed by atoms with Gasteiger partial charge in [-0.05, 0) is 49.2 Å². The summed E-state index contributed by atoms with van der Waals surface area (Å²) in [5, 5.41) is 11.8. The van der Waals surface area contributed by atoms with Crippen LogP contribution in [0.1, 0.15) is 11.1 Å². The maximum Gasteiger partial charge on any atom is 0.325 e. The largest absolute Gasteiger partial charge is 0.424 e. The number of hydrogen-bond donors (Lipinski definition) is 0. The fraction of sp³-hybridized carbons (Fsp3) is 0.105. The van der Waals surface area contributed by atoms with Gasteiger partial charge in [0.2, 0.25) is 5.89 Å². The molecule has 2 heterocycles. The number of fused-ring (bicyclic) bond motifs is 1. The molecule has 4 aromatic rings. The molecule has 1 radical (unpaired) electrons. The molecule has 0 saturated carbocycles. The van der Waals surface area contributed by atoms with Crippen molar-refractivity contribution in [1.29, 1.82) is 0 Å². The molecular weight excluding hydrogens is 337 g/mol. The van der Waals surface area contributed by atoms with E-state index in [1.54, 1.807) is 32.0 Å². The van der Waals surface area contributed by atoms with Gasteiger partial charge in [0.25, 0.3) is 5.71 Å². The number of rotatable bonds is 3. The molecular formula is C19H13FN3O3. The SMILES string of the molecule is Cc1cc(-c2nc3cnc(Oc4cccc(F)c4)nc3o2)cc(C)c1[O]. The monoisotopic (exact) mass is 350 g/mol. The van der Waals surface area contributed by atoms with Crippen molar-refractivity contribution in [3.63, 3.8) is 0 Å². The molecule has 0 N–H and O–H groups in total. The minimum Gasteiger partial charge on any atom is -0.424 e. The summed E-state index contributed by atoms with van der Waals surface area (Å²) in [5.74, 6) is 0.193. The van der Waals surface area contributed by atoms with Gasteiger partial charge in [0.15, 0.2) is 5.75 Å². The van der Waals surface area contributed by atoms with Crippen molar-refractivity contribution in [3.05, 3.63) is 59.5 Å². The lowest BCUT2D eigenvalue weighted by molar-refractivity contribution is 0.348. The smallest absolute Gasteiger partial charge is 0.325 e. The third-order valence-corrected chi connectivity index (χ3v) is 3.84. The maximum atomic E-state index is 13.2. The quantitative estimate of drug-likeness (QED) is 0.521. The van der Waals surface area contributed by atoms with Gasteiger partial charge >= 0.3 is 6.01 Å². The summed E-state index contributed by atoms with van der Waals surface area (Å²) in [6.07, 6.45) is 1.46. The number of benzene rings is 2. The van der Waals surface area contributed by atoms with Crippen molar-refractivity contribution in [2.45, 2.75) is 13.8 Å². The molecule has 129 valence electrons. The highest BCUT2D eigenvalue weighted by Crippen LogP contribution is 2.31. The Morgan fingerprint density at radius 2 is 1.85 bits per heavy atom. The average Bonchev–Trinajstić information content (AvgIpc) is 3.02. The molecule has 0 fully saturated rings. The number of hydrogen-bond acceptors (Lipinski definition) is 5. The minimum atomic E-state index is -0.418. The van der Waals surface area contributed by atoms with E-state index in [4.69, 9.17) is 9.15 Å². The zero-order valence-electron chi connectivity index (χ0n) is 14.0. The van der Waals surface area contributed by atoms with Gasteiger partial charge in [-0.15, -0.1) is 0 Å². The third-order valence-electron chi connectivity index (χ3n) is 3.84. The first-order valence-electron chi connectivity index (χ1n) is 7.85. The van der Waals surface area contributed by atoms with Gasteiger partial charge < -0.3 is 9.15 Å². The van der Waals surface area contributed by atoms with E-state index in [1.807, 2.05) is 0 Å². The van der Waals surface area contributed by atoms with Crippen LogP contribution in [-0.4, -0.2) is 15.0 Å². The summed E-state index contributed by atoms with van der Waals surface area (Å²) in [5.41, 5.74) is 2.60. The van der Waals surface area contributed by atoms with Crippen molar-refractivity contribution >= 4 is 11.2 Å². The Hall–Kier alpha value is -3.48. The standard InChI is InChI=1S/C19H13FN3O3/c1-10-6-12(7-11(2)16(10)24)17-22-15-9-21-19(23-18(15)26-17)25-14-5-3-4-13(20)8-14/h3-9H,1-2H3. The van der Waals surface area contributed by atoms with Crippen LogP contribution in [0.5, 0.6) is 17.5 Å². The van der Waals surface area contributed by atoms with E-state index in [0.29, 0.717) is 28.1 Å². The van der Waals surface area contributed by atoms with Crippen LogP contribution in [0.15, 0.2) is 47.0 Å². The summed E-state index contributed by atoms with van der Waals surface area (Å²) in [4.78, 5) is 12.6. The molecule has 0 saturated heterocycles. The van der Waals surface area contributed by atoms with E-state index in [-0.39, 0.29) is 23.2 Å². The molecule has 2 aromatic heterocycles. The number of ether oxygens (including phenoxy) is 1. The lowest BCUT2D eigenvalue weighted by Crippen LogP contribution is -1.91. The van der Waals surface area contributed by atoms with Crippen LogP contribution in [0.2, 0.25) is 0 Å². The molecule has 2 aromatic carbocycles. The first-order chi connectivity index (χ1) is 12.5. The second kappa shape index (κ2) is 6.11. The predicted molar refractivity (Wildman–Crippen MR) is 91.1 cm³/mol. The molecule has 7 heteroatoms. The second-order valence-corrected chi connectivity index (χ2v) is 5.86. The Morgan fingerprint density at radius 3 is 2.58 bits per heavy atom. The Morgan fingerprint density at radius 1 is 1.08 bits per heavy atom. The molecule has 0 unspecified atom stereocenters. The Balaban J connectivity index is 1.70. The normalized spacial score (nSPS) is 11.0. The van der Waals surface area contributed by atoms with Gasteiger partial charge in [0.1, 0.15) is 17.1 Å². The van der Waals surface area contributed by atoms with Crippen LogP contribution in [0.4, 0.5) is 4.39 Å². The van der Waals surface area contributed by atoms with Crippen LogP contribution in [-0.2, 0) is 5.11 Å². The first-order valence-corrected chi connectivity index (χ1v) is 7.85. The van der Waals surface area contributed by atoms with Gasteiger partial charge in [0.05, 0.1) is 6.20 Å². The molecule has 0 amide bonds. The van der Waals surface area contributed by atoms with Gasteiger partial charge in [-0.2, -0.15) is 4.98 Å². The van der Waals surface area contributed by atoms with E-state index in [0.717, 1.165) is 0 Å². The molecule has 0 atom stereocenters. The van der Waals surface area contributed by atoms with Crippen LogP contribution in [0.25, 0.3) is 22.7 Å². The van der Waals surface area contributed by atoms with Crippen LogP contribution < -0.4 is 4.74 Å². The molecule has 0 aliphatic heterocycles. The molecule has 0 aliphatic carbocycles. The Kier molecular flexibility index (Phi) is 3.76. The van der Waals surface area contributed by atoms with Crippen molar-refractivity contribution in [3.8, 4) is 29.0 Å². The molecule has 6 nitrogen and oxygen atoms in total. The van der Waals surface area contributed by atoms with Crippen LogP contribution in [0.3, 0.4) is 0 Å². The van der Waals surface area contributed by atoms with Crippen LogP contribution >= 0.6 is 0 Å². The molecule has 26 heavy (non-hydrogen) atoms.